The molecule has 1 aliphatic rings. The standard InChI is InChI=1S/C21H23N5O3/c1-13-11-16(14(2)28-13)20-24-23-19(29-20)12-25-9-7-15(8-10-25)26-18-6-4-3-5-17(18)22-21(26)27/h3-6,11,15H,7-10,12H2,1-2H3,(H,22,27). The lowest BCUT2D eigenvalue weighted by atomic mass is 10.0. The van der Waals surface area contributed by atoms with Gasteiger partial charge in [0.15, 0.2) is 0 Å². The van der Waals surface area contributed by atoms with Crippen LogP contribution < -0.4 is 5.69 Å². The normalized spacial score (nSPS) is 16.1. The third kappa shape index (κ3) is 3.29. The van der Waals surface area contributed by atoms with Crippen molar-refractivity contribution in [1.29, 1.82) is 0 Å². The first-order valence-corrected chi connectivity index (χ1v) is 9.90. The van der Waals surface area contributed by atoms with E-state index in [1.807, 2.05) is 48.7 Å². The van der Waals surface area contributed by atoms with Gasteiger partial charge < -0.3 is 13.8 Å². The van der Waals surface area contributed by atoms with Gasteiger partial charge in [-0.25, -0.2) is 4.79 Å². The fourth-order valence-corrected chi connectivity index (χ4v) is 4.23. The fraction of sp³-hybridized carbons (Fsp3) is 0.381. The predicted octanol–water partition coefficient (Wildman–Crippen LogP) is 3.43. The summed E-state index contributed by atoms with van der Waals surface area (Å²) in [6, 6.07) is 9.97. The lowest BCUT2D eigenvalue weighted by Crippen LogP contribution is -2.36. The molecule has 150 valence electrons. The molecule has 0 atom stereocenters. The SMILES string of the molecule is Cc1cc(-c2nnc(CN3CCC(n4c(=O)[nH]c5ccccc54)CC3)o2)c(C)o1. The average molecular weight is 393 g/mol. The van der Waals surface area contributed by atoms with Gasteiger partial charge in [0.1, 0.15) is 11.5 Å². The molecule has 0 unspecified atom stereocenters. The van der Waals surface area contributed by atoms with E-state index in [2.05, 4.69) is 20.1 Å². The van der Waals surface area contributed by atoms with Gasteiger partial charge in [-0.1, -0.05) is 12.1 Å². The number of para-hydroxylation sites is 2. The Morgan fingerprint density at radius 2 is 1.93 bits per heavy atom. The van der Waals surface area contributed by atoms with Crippen LogP contribution in [0.1, 0.15) is 36.3 Å². The van der Waals surface area contributed by atoms with Crippen molar-refractivity contribution < 1.29 is 8.83 Å². The highest BCUT2D eigenvalue weighted by Gasteiger charge is 2.25. The number of nitrogens with zero attached hydrogens (tertiary/aromatic N) is 4. The molecule has 1 saturated heterocycles. The Hall–Kier alpha value is -3.13. The maximum absolute atomic E-state index is 12.4. The smallest absolute Gasteiger partial charge is 0.326 e. The van der Waals surface area contributed by atoms with Gasteiger partial charge in [-0.05, 0) is 44.9 Å². The van der Waals surface area contributed by atoms with E-state index in [0.29, 0.717) is 18.3 Å². The molecule has 0 spiro atoms. The number of imidazole rings is 1. The Bertz CT molecular complexity index is 1210. The van der Waals surface area contributed by atoms with Crippen molar-refractivity contribution in [1.82, 2.24) is 24.6 Å². The number of benzene rings is 1. The van der Waals surface area contributed by atoms with Gasteiger partial charge in [-0.3, -0.25) is 9.47 Å². The molecule has 0 bridgehead atoms. The molecule has 1 fully saturated rings. The molecule has 0 radical (unpaired) electrons. The van der Waals surface area contributed by atoms with Crippen molar-refractivity contribution in [2.75, 3.05) is 13.1 Å². The minimum absolute atomic E-state index is 0.0306. The number of nitrogens with one attached hydrogen (secondary N) is 1. The monoisotopic (exact) mass is 393 g/mol. The molecule has 0 amide bonds. The molecule has 1 aromatic carbocycles. The second kappa shape index (κ2) is 7.04. The minimum atomic E-state index is -0.0306. The summed E-state index contributed by atoms with van der Waals surface area (Å²) in [7, 11) is 0. The van der Waals surface area contributed by atoms with Crippen LogP contribution in [0.2, 0.25) is 0 Å². The number of furan rings is 1. The zero-order chi connectivity index (χ0) is 20.0. The molecule has 1 aliphatic heterocycles. The number of hydrogen-bond donors (Lipinski definition) is 1. The van der Waals surface area contributed by atoms with Crippen molar-refractivity contribution in [3.05, 3.63) is 58.2 Å². The van der Waals surface area contributed by atoms with Crippen LogP contribution in [0.3, 0.4) is 0 Å². The summed E-state index contributed by atoms with van der Waals surface area (Å²) in [5.41, 5.74) is 2.68. The average Bonchev–Trinajstić information content (AvgIpc) is 3.39. The molecule has 0 aliphatic carbocycles. The van der Waals surface area contributed by atoms with Gasteiger partial charge in [0, 0.05) is 19.1 Å². The number of fused-ring (bicyclic) bond motifs is 1. The van der Waals surface area contributed by atoms with Crippen LogP contribution >= 0.6 is 0 Å². The molecular weight excluding hydrogens is 370 g/mol. The Morgan fingerprint density at radius 1 is 1.14 bits per heavy atom. The highest BCUT2D eigenvalue weighted by molar-refractivity contribution is 5.75. The van der Waals surface area contributed by atoms with Crippen LogP contribution in [0.25, 0.3) is 22.5 Å². The summed E-state index contributed by atoms with van der Waals surface area (Å²) >= 11 is 0. The van der Waals surface area contributed by atoms with Gasteiger partial charge >= 0.3 is 5.69 Å². The van der Waals surface area contributed by atoms with Gasteiger partial charge in [-0.15, -0.1) is 10.2 Å². The lowest BCUT2D eigenvalue weighted by Gasteiger charge is -2.31. The number of hydrogen-bond acceptors (Lipinski definition) is 6. The van der Waals surface area contributed by atoms with E-state index in [9.17, 15) is 4.79 Å². The van der Waals surface area contributed by atoms with Crippen molar-refractivity contribution >= 4 is 11.0 Å². The number of H-pyrrole nitrogens is 1. The Morgan fingerprint density at radius 3 is 2.69 bits per heavy atom. The van der Waals surface area contributed by atoms with Crippen molar-refractivity contribution in [2.45, 2.75) is 39.3 Å². The van der Waals surface area contributed by atoms with Crippen LogP contribution in [-0.4, -0.2) is 37.7 Å². The van der Waals surface area contributed by atoms with E-state index in [1.54, 1.807) is 0 Å². The van der Waals surface area contributed by atoms with Crippen molar-refractivity contribution in [3.63, 3.8) is 0 Å². The van der Waals surface area contributed by atoms with Gasteiger partial charge in [0.25, 0.3) is 5.89 Å². The molecular formula is C21H23N5O3. The molecule has 3 aromatic heterocycles. The summed E-state index contributed by atoms with van der Waals surface area (Å²) in [4.78, 5) is 17.7. The van der Waals surface area contributed by atoms with Crippen LogP contribution in [-0.2, 0) is 6.54 Å². The van der Waals surface area contributed by atoms with Gasteiger partial charge in [0.2, 0.25) is 5.89 Å². The lowest BCUT2D eigenvalue weighted by molar-refractivity contribution is 0.167. The van der Waals surface area contributed by atoms with Gasteiger partial charge in [0.05, 0.1) is 23.1 Å². The van der Waals surface area contributed by atoms with Crippen LogP contribution in [0.5, 0.6) is 0 Å². The quantitative estimate of drug-likeness (QED) is 0.571. The Balaban J connectivity index is 1.26. The van der Waals surface area contributed by atoms with Gasteiger partial charge in [-0.2, -0.15) is 0 Å². The zero-order valence-corrected chi connectivity index (χ0v) is 16.5. The number of rotatable bonds is 4. The molecule has 1 N–H and O–H groups in total. The fourth-order valence-electron chi connectivity index (χ4n) is 4.23. The van der Waals surface area contributed by atoms with E-state index in [0.717, 1.165) is 54.0 Å². The first kappa shape index (κ1) is 17.9. The summed E-state index contributed by atoms with van der Waals surface area (Å²) in [5, 5.41) is 8.38. The van der Waals surface area contributed by atoms with Crippen molar-refractivity contribution in [3.8, 4) is 11.5 Å². The first-order valence-electron chi connectivity index (χ1n) is 9.90. The number of aryl methyl sites for hydroxylation is 2. The highest BCUT2D eigenvalue weighted by atomic mass is 16.4. The van der Waals surface area contributed by atoms with Crippen LogP contribution in [0.4, 0.5) is 0 Å². The van der Waals surface area contributed by atoms with Crippen LogP contribution in [0.15, 0.2) is 44.0 Å². The summed E-state index contributed by atoms with van der Waals surface area (Å²) in [6.45, 7) is 6.15. The Kier molecular flexibility index (Phi) is 4.35. The summed E-state index contributed by atoms with van der Waals surface area (Å²) in [5.74, 6) is 2.70. The molecule has 8 heteroatoms. The predicted molar refractivity (Wildman–Crippen MR) is 108 cm³/mol. The van der Waals surface area contributed by atoms with Crippen LogP contribution in [0, 0.1) is 13.8 Å². The largest absolute Gasteiger partial charge is 0.466 e. The van der Waals surface area contributed by atoms with E-state index >= 15 is 0 Å². The number of piperidine rings is 1. The topological polar surface area (TPSA) is 93.1 Å². The van der Waals surface area contributed by atoms with E-state index in [4.69, 9.17) is 8.83 Å². The minimum Gasteiger partial charge on any atom is -0.466 e. The zero-order valence-electron chi connectivity index (χ0n) is 16.5. The second-order valence-corrected chi connectivity index (χ2v) is 7.65. The first-order chi connectivity index (χ1) is 14.1. The maximum atomic E-state index is 12.4. The second-order valence-electron chi connectivity index (χ2n) is 7.65. The molecule has 5 rings (SSSR count). The third-order valence-corrected chi connectivity index (χ3v) is 5.64. The van der Waals surface area contributed by atoms with E-state index in [-0.39, 0.29) is 11.7 Å². The van der Waals surface area contributed by atoms with E-state index < -0.39 is 0 Å². The molecule has 0 saturated carbocycles. The Labute approximate surface area is 167 Å². The number of aromatic amines is 1. The highest BCUT2D eigenvalue weighted by Crippen LogP contribution is 2.28. The molecule has 8 nitrogen and oxygen atoms in total. The molecule has 4 heterocycles. The van der Waals surface area contributed by atoms with E-state index in [1.165, 1.54) is 0 Å². The summed E-state index contributed by atoms with van der Waals surface area (Å²) in [6.07, 6.45) is 1.81. The number of aromatic nitrogens is 4. The number of likely N-dealkylation sites (tertiary alicyclic amines) is 1. The van der Waals surface area contributed by atoms with Crippen molar-refractivity contribution in [2.24, 2.45) is 0 Å². The maximum Gasteiger partial charge on any atom is 0.326 e. The summed E-state index contributed by atoms with van der Waals surface area (Å²) < 4.78 is 13.3. The third-order valence-electron chi connectivity index (χ3n) is 5.64. The molecule has 4 aromatic rings. The molecule has 29 heavy (non-hydrogen) atoms.